The molecule has 0 saturated carbocycles. The first-order valence-electron chi connectivity index (χ1n) is 17.1. The average Bonchev–Trinajstić information content (AvgIpc) is 3.69. The van der Waals surface area contributed by atoms with Crippen molar-refractivity contribution in [1.82, 2.24) is 19.2 Å². The lowest BCUT2D eigenvalue weighted by Gasteiger charge is -2.34. The largest absolute Gasteiger partial charge is 0.416 e. The number of hydrogen-bond donors (Lipinski definition) is 0. The van der Waals surface area contributed by atoms with Crippen LogP contribution in [0.1, 0.15) is 100 Å². The molecule has 0 aliphatic carbocycles. The van der Waals surface area contributed by atoms with Gasteiger partial charge in [-0.05, 0) is 86.9 Å². The number of benzene rings is 1. The summed E-state index contributed by atoms with van der Waals surface area (Å²) < 4.78 is 64.5. The highest BCUT2D eigenvalue weighted by atomic mass is 32.2. The molecule has 49 heavy (non-hydrogen) atoms. The van der Waals surface area contributed by atoms with E-state index in [4.69, 9.17) is 23.7 Å². The maximum Gasteiger partial charge on any atom is 0.416 e. The lowest BCUT2D eigenvalue weighted by Crippen LogP contribution is -2.44. The van der Waals surface area contributed by atoms with E-state index in [0.29, 0.717) is 36.7 Å². The predicted molar refractivity (Wildman–Crippen MR) is 189 cm³/mol. The quantitative estimate of drug-likeness (QED) is 0.163. The van der Waals surface area contributed by atoms with E-state index in [1.807, 2.05) is 10.7 Å². The molecule has 2 aliphatic heterocycles. The van der Waals surface area contributed by atoms with Crippen LogP contribution in [0.15, 0.2) is 48.8 Å². The van der Waals surface area contributed by atoms with E-state index in [1.54, 1.807) is 19.2 Å². The first-order valence-corrected chi connectivity index (χ1v) is 18.6. The van der Waals surface area contributed by atoms with Gasteiger partial charge in [0, 0.05) is 36.4 Å². The van der Waals surface area contributed by atoms with E-state index in [9.17, 15) is 13.2 Å². The molecule has 0 N–H and O–H groups in total. The summed E-state index contributed by atoms with van der Waals surface area (Å²) in [5.41, 5.74) is 6.34. The molecule has 2 aliphatic rings. The fraction of sp³-hybridized carbons (Fsp3) is 0.526. The number of halogens is 3. The summed E-state index contributed by atoms with van der Waals surface area (Å²) in [7, 11) is 0. The summed E-state index contributed by atoms with van der Waals surface area (Å²) in [4.78, 5) is 5.25. The van der Waals surface area contributed by atoms with Crippen molar-refractivity contribution in [2.45, 2.75) is 97.4 Å². The molecule has 6 rings (SSSR count). The highest BCUT2D eigenvalue weighted by Gasteiger charge is 2.48. The monoisotopic (exact) mass is 697 g/mol. The third-order valence-corrected chi connectivity index (χ3v) is 13.1. The normalized spacial score (nSPS) is 18.6. The van der Waals surface area contributed by atoms with Gasteiger partial charge in [0.15, 0.2) is 22.2 Å². The number of pyridine rings is 1. The van der Waals surface area contributed by atoms with Crippen LogP contribution in [0.2, 0.25) is 0 Å². The molecule has 2 unspecified atom stereocenters. The van der Waals surface area contributed by atoms with Gasteiger partial charge in [-0.25, -0.2) is 9.67 Å². The molecule has 264 valence electrons. The van der Waals surface area contributed by atoms with Gasteiger partial charge < -0.3 is 13.9 Å². The molecule has 0 spiro atoms. The summed E-state index contributed by atoms with van der Waals surface area (Å²) >= 11 is -0.448. The minimum atomic E-state index is -4.45. The highest BCUT2D eigenvalue weighted by Crippen LogP contribution is 2.40. The zero-order valence-corrected chi connectivity index (χ0v) is 30.4. The van der Waals surface area contributed by atoms with Gasteiger partial charge in [-0.1, -0.05) is 39.0 Å². The van der Waals surface area contributed by atoms with Gasteiger partial charge in [0.25, 0.3) is 0 Å². The Morgan fingerprint density at radius 1 is 1.06 bits per heavy atom. The lowest BCUT2D eigenvalue weighted by molar-refractivity contribution is -0.138. The van der Waals surface area contributed by atoms with Crippen LogP contribution in [-0.2, 0) is 44.0 Å². The lowest BCUT2D eigenvalue weighted by atomic mass is 9.83. The summed E-state index contributed by atoms with van der Waals surface area (Å²) in [6.45, 7) is 14.7. The molecule has 1 saturated heterocycles. The summed E-state index contributed by atoms with van der Waals surface area (Å²) in [6, 6.07) is 8.57. The molecule has 1 aromatic carbocycles. The molecule has 2 atom stereocenters. The van der Waals surface area contributed by atoms with Crippen molar-refractivity contribution in [3.63, 3.8) is 0 Å². The Kier molecular flexibility index (Phi) is 10.1. The Bertz CT molecular complexity index is 1830. The molecule has 3 aromatic heterocycles. The van der Waals surface area contributed by atoms with Gasteiger partial charge >= 0.3 is 6.18 Å². The topological polar surface area (TPSA) is 62.8 Å². The molecule has 1 fully saturated rings. The molecule has 0 bridgehead atoms. The smallest absolute Gasteiger partial charge is 0.377 e. The summed E-state index contributed by atoms with van der Waals surface area (Å²) in [5, 5.41) is 4.71. The van der Waals surface area contributed by atoms with Crippen molar-refractivity contribution in [1.29, 1.82) is 0 Å². The molecular formula is C38H48F3N4O3S+. The van der Waals surface area contributed by atoms with E-state index < -0.39 is 22.9 Å². The van der Waals surface area contributed by atoms with Gasteiger partial charge in [0.1, 0.15) is 18.5 Å². The Morgan fingerprint density at radius 3 is 2.53 bits per heavy atom. The van der Waals surface area contributed by atoms with Crippen LogP contribution >= 0.6 is 0 Å². The number of nitrogens with zero attached hydrogens (tertiary/aromatic N) is 4. The number of alkyl halides is 3. The zero-order chi connectivity index (χ0) is 35.1. The predicted octanol–water partition coefficient (Wildman–Crippen LogP) is 9.12. The van der Waals surface area contributed by atoms with Crippen LogP contribution in [0.5, 0.6) is 0 Å². The van der Waals surface area contributed by atoms with Crippen molar-refractivity contribution >= 4 is 22.4 Å². The van der Waals surface area contributed by atoms with Crippen molar-refractivity contribution in [2.75, 3.05) is 26.1 Å². The Morgan fingerprint density at radius 2 is 1.86 bits per heavy atom. The Labute approximate surface area is 290 Å². The van der Waals surface area contributed by atoms with Crippen molar-refractivity contribution in [3.05, 3.63) is 82.4 Å². The van der Waals surface area contributed by atoms with E-state index in [1.165, 1.54) is 6.07 Å². The molecule has 5 heterocycles. The SMILES string of the molecule is Cc1c(Cc2c(CO[S+](C)C(C)(C)C(C)(C)C)nc3c(-c4ccnn4C4CCCCO4)cc(C4=CCOCC4)cn23)cccc1C(F)(F)F. The third kappa shape index (κ3) is 7.22. The van der Waals surface area contributed by atoms with Crippen molar-refractivity contribution in [2.24, 2.45) is 5.41 Å². The van der Waals surface area contributed by atoms with Gasteiger partial charge in [0.2, 0.25) is 0 Å². The fourth-order valence-electron chi connectivity index (χ4n) is 6.45. The molecule has 0 radical (unpaired) electrons. The van der Waals surface area contributed by atoms with Crippen LogP contribution in [0.25, 0.3) is 22.5 Å². The molecule has 4 aromatic rings. The number of imidazole rings is 1. The van der Waals surface area contributed by atoms with Crippen LogP contribution in [0.4, 0.5) is 13.2 Å². The Balaban J connectivity index is 1.54. The number of fused-ring (bicyclic) bond motifs is 1. The van der Waals surface area contributed by atoms with E-state index >= 15 is 0 Å². The minimum Gasteiger partial charge on any atom is -0.377 e. The molecule has 7 nitrogen and oxygen atoms in total. The van der Waals surface area contributed by atoms with Gasteiger partial charge in [0.05, 0.1) is 35.9 Å². The van der Waals surface area contributed by atoms with E-state index in [2.05, 4.69) is 63.6 Å². The second-order valence-corrected chi connectivity index (χ2v) is 16.8. The number of rotatable bonds is 9. The summed E-state index contributed by atoms with van der Waals surface area (Å²) in [6.07, 6.45) is 7.41. The standard InChI is InChI=1S/C38H48F3N4O3S/c1-25-27(11-10-12-30(25)38(39,40)41)22-33-31(24-48-49(7)37(5,6)36(2,3)4)43-35-29(21-28(23-44(33)35)26-15-19-46-20-16-26)32-14-17-42-45(32)34-13-8-9-18-47-34/h10-12,14-15,17,21,23,34H,8-9,13,16,18-20,22,24H2,1-7H3/q+1. The molecule has 0 amide bonds. The van der Waals surface area contributed by atoms with E-state index in [0.717, 1.165) is 59.8 Å². The first-order chi connectivity index (χ1) is 23.2. The van der Waals surface area contributed by atoms with Crippen LogP contribution in [0.3, 0.4) is 0 Å². The maximum absolute atomic E-state index is 14.0. The van der Waals surface area contributed by atoms with Crippen LogP contribution in [0, 0.1) is 12.3 Å². The van der Waals surface area contributed by atoms with Gasteiger partial charge in [-0.3, -0.25) is 0 Å². The minimum absolute atomic E-state index is 0.0130. The van der Waals surface area contributed by atoms with Gasteiger partial charge in [-0.2, -0.15) is 22.5 Å². The maximum atomic E-state index is 14.0. The van der Waals surface area contributed by atoms with Crippen LogP contribution in [-0.4, -0.2) is 50.0 Å². The van der Waals surface area contributed by atoms with Crippen LogP contribution < -0.4 is 0 Å². The second kappa shape index (κ2) is 13.9. The number of ether oxygens (including phenoxy) is 2. The first kappa shape index (κ1) is 35.7. The number of hydrogen-bond acceptors (Lipinski definition) is 5. The van der Waals surface area contributed by atoms with Gasteiger partial charge in [-0.15, -0.1) is 0 Å². The van der Waals surface area contributed by atoms with Crippen molar-refractivity contribution < 1.29 is 26.8 Å². The van der Waals surface area contributed by atoms with E-state index in [-0.39, 0.29) is 35.0 Å². The molecular weight excluding hydrogens is 650 g/mol. The Hall–Kier alpha value is -3.12. The summed E-state index contributed by atoms with van der Waals surface area (Å²) in [5.74, 6) is 0. The average molecular weight is 698 g/mol. The third-order valence-electron chi connectivity index (χ3n) is 10.6. The fourth-order valence-corrected chi connectivity index (χ4v) is 7.90. The molecule has 11 heteroatoms. The second-order valence-electron chi connectivity index (χ2n) is 14.6. The number of aromatic nitrogens is 4. The zero-order valence-electron chi connectivity index (χ0n) is 29.6. The highest BCUT2D eigenvalue weighted by molar-refractivity contribution is 7.93. The van der Waals surface area contributed by atoms with Crippen molar-refractivity contribution in [3.8, 4) is 11.3 Å².